The van der Waals surface area contributed by atoms with Gasteiger partial charge in [0.05, 0.1) is 24.5 Å². The predicted molar refractivity (Wildman–Crippen MR) is 136 cm³/mol. The molecule has 5 aliphatic rings. The topological polar surface area (TPSA) is 105 Å². The Hall–Kier alpha value is -2.64. The summed E-state index contributed by atoms with van der Waals surface area (Å²) in [6.45, 7) is 15.2. The average molecular weight is 529 g/mol. The Morgan fingerprint density at radius 1 is 1.13 bits per heavy atom. The Bertz CT molecular complexity index is 1210. The van der Waals surface area contributed by atoms with Crippen LogP contribution in [-0.2, 0) is 38.1 Å². The predicted octanol–water partition coefficient (Wildman–Crippen LogP) is 4.31. The van der Waals surface area contributed by atoms with E-state index < -0.39 is 45.1 Å². The minimum Gasteiger partial charge on any atom is -0.497 e. The molecule has 8 nitrogen and oxygen atoms in total. The van der Waals surface area contributed by atoms with Gasteiger partial charge in [-0.15, -0.1) is 0 Å². The van der Waals surface area contributed by atoms with Crippen LogP contribution in [0.2, 0.25) is 0 Å². The van der Waals surface area contributed by atoms with Crippen molar-refractivity contribution in [3.63, 3.8) is 0 Å². The van der Waals surface area contributed by atoms with E-state index in [1.54, 1.807) is 6.92 Å². The fraction of sp³-hybridized carbons (Fsp3) is 0.733. The molecular formula is C30H40O8. The molecule has 0 radical (unpaired) electrons. The number of ether oxygens (including phenoxy) is 4. The normalized spacial score (nSPS) is 44.4. The number of hydrogen-bond donors (Lipinski definition) is 0. The van der Waals surface area contributed by atoms with E-state index in [2.05, 4.69) is 6.08 Å². The van der Waals surface area contributed by atoms with E-state index in [9.17, 15) is 19.2 Å². The Labute approximate surface area is 224 Å². The summed E-state index contributed by atoms with van der Waals surface area (Å²) in [6, 6.07) is 0. The number of rotatable bonds is 4. The minimum atomic E-state index is -1.62. The number of methoxy groups -OCH3 is 1. The molecule has 2 bridgehead atoms. The second kappa shape index (κ2) is 7.95. The third-order valence-corrected chi connectivity index (χ3v) is 11.3. The molecule has 0 aromatic carbocycles. The van der Waals surface area contributed by atoms with E-state index >= 15 is 0 Å². The smallest absolute Gasteiger partial charge is 0.321 e. The molecular weight excluding hydrogens is 488 g/mol. The van der Waals surface area contributed by atoms with E-state index in [4.69, 9.17) is 18.9 Å². The maximum atomic E-state index is 14.5. The molecule has 8 heteroatoms. The van der Waals surface area contributed by atoms with Crippen LogP contribution in [0.5, 0.6) is 0 Å². The fourth-order valence-corrected chi connectivity index (χ4v) is 9.95. The largest absolute Gasteiger partial charge is 0.497 e. The van der Waals surface area contributed by atoms with Crippen LogP contribution in [-0.4, -0.2) is 49.6 Å². The van der Waals surface area contributed by atoms with Gasteiger partial charge in [-0.25, -0.2) is 0 Å². The zero-order valence-corrected chi connectivity index (χ0v) is 24.0. The molecule has 0 N–H and O–H groups in total. The maximum absolute atomic E-state index is 14.5. The maximum Gasteiger partial charge on any atom is 0.321 e. The number of carbonyl (C=O) groups excluding carboxylic acids is 4. The quantitative estimate of drug-likeness (QED) is 0.230. The summed E-state index contributed by atoms with van der Waals surface area (Å²) in [5, 5.41) is 0. The zero-order chi connectivity index (χ0) is 28.2. The second-order valence-electron chi connectivity index (χ2n) is 13.0. The molecule has 0 amide bonds. The molecule has 4 aliphatic carbocycles. The molecule has 1 aliphatic heterocycles. The standard InChI is InChI=1S/C30H40O8/c1-10-36-23-16(3)22(32)30(25(34)35-9)27(7)14-18-21-26(5,6)20(37-17(4)31)11-12-29(21,24(33)38-18)19(27)13-15(2)28(23,30)8/h13,18-21H,10-12,14H2,1-9H3/t18-,19-,20-,21+,27-,28-,29+,30+/m0/s1. The van der Waals surface area contributed by atoms with Crippen molar-refractivity contribution in [2.75, 3.05) is 13.7 Å². The van der Waals surface area contributed by atoms with Crippen molar-refractivity contribution < 1.29 is 38.1 Å². The molecule has 0 unspecified atom stereocenters. The van der Waals surface area contributed by atoms with Gasteiger partial charge in [-0.2, -0.15) is 0 Å². The van der Waals surface area contributed by atoms with Crippen molar-refractivity contribution in [2.45, 2.75) is 86.9 Å². The van der Waals surface area contributed by atoms with Gasteiger partial charge >= 0.3 is 17.9 Å². The molecule has 38 heavy (non-hydrogen) atoms. The molecule has 0 aromatic heterocycles. The highest BCUT2D eigenvalue weighted by Gasteiger charge is 2.85. The number of ketones is 1. The van der Waals surface area contributed by atoms with Crippen LogP contribution in [0.25, 0.3) is 0 Å². The lowest BCUT2D eigenvalue weighted by Crippen LogP contribution is -2.71. The molecule has 1 saturated heterocycles. The molecule has 0 aromatic rings. The van der Waals surface area contributed by atoms with Crippen LogP contribution in [0.15, 0.2) is 23.0 Å². The first kappa shape index (κ1) is 26.9. The van der Waals surface area contributed by atoms with E-state index in [-0.39, 0.29) is 29.7 Å². The van der Waals surface area contributed by atoms with Gasteiger partial charge in [0.15, 0.2) is 11.2 Å². The van der Waals surface area contributed by atoms with Crippen molar-refractivity contribution in [2.24, 2.45) is 38.9 Å². The van der Waals surface area contributed by atoms with Crippen molar-refractivity contribution in [1.29, 1.82) is 0 Å². The first-order valence-electron chi connectivity index (χ1n) is 13.7. The third-order valence-electron chi connectivity index (χ3n) is 11.3. The third kappa shape index (κ3) is 2.63. The summed E-state index contributed by atoms with van der Waals surface area (Å²) < 4.78 is 23.5. The number of fused-ring (bicyclic) bond motifs is 3. The lowest BCUT2D eigenvalue weighted by molar-refractivity contribution is -0.217. The van der Waals surface area contributed by atoms with Gasteiger partial charge in [0.25, 0.3) is 0 Å². The van der Waals surface area contributed by atoms with Crippen molar-refractivity contribution >= 4 is 23.7 Å². The van der Waals surface area contributed by atoms with Crippen LogP contribution >= 0.6 is 0 Å². The van der Waals surface area contributed by atoms with Crippen LogP contribution in [0, 0.1) is 38.9 Å². The van der Waals surface area contributed by atoms with Gasteiger partial charge in [0, 0.05) is 35.2 Å². The Morgan fingerprint density at radius 3 is 2.37 bits per heavy atom. The highest BCUT2D eigenvalue weighted by atomic mass is 16.6. The van der Waals surface area contributed by atoms with Crippen LogP contribution in [0.3, 0.4) is 0 Å². The summed E-state index contributed by atoms with van der Waals surface area (Å²) in [5.74, 6) is -1.76. The Balaban J connectivity index is 1.79. The molecule has 8 atom stereocenters. The number of hydrogen-bond acceptors (Lipinski definition) is 8. The van der Waals surface area contributed by atoms with Gasteiger partial charge in [-0.3, -0.25) is 19.2 Å². The molecule has 5 rings (SSSR count). The van der Waals surface area contributed by atoms with Gasteiger partial charge in [-0.05, 0) is 47.0 Å². The van der Waals surface area contributed by atoms with Crippen molar-refractivity contribution in [1.82, 2.24) is 0 Å². The lowest BCUT2D eigenvalue weighted by atomic mass is 9.33. The van der Waals surface area contributed by atoms with Gasteiger partial charge in [0.2, 0.25) is 0 Å². The summed E-state index contributed by atoms with van der Waals surface area (Å²) in [5.41, 5.74) is -3.98. The van der Waals surface area contributed by atoms with Crippen LogP contribution < -0.4 is 0 Å². The summed E-state index contributed by atoms with van der Waals surface area (Å²) >= 11 is 0. The number of Topliss-reactive ketones (excluding diaryl/α,β-unsaturated/α-hetero) is 1. The van der Waals surface area contributed by atoms with Gasteiger partial charge < -0.3 is 18.9 Å². The number of carbonyl (C=O) groups is 4. The van der Waals surface area contributed by atoms with E-state index in [1.165, 1.54) is 14.0 Å². The van der Waals surface area contributed by atoms with Gasteiger partial charge in [0.1, 0.15) is 18.0 Å². The highest BCUT2D eigenvalue weighted by Crippen LogP contribution is 2.79. The summed E-state index contributed by atoms with van der Waals surface area (Å²) in [6.07, 6.45) is 2.44. The average Bonchev–Trinajstić information content (AvgIpc) is 3.18. The zero-order valence-electron chi connectivity index (χ0n) is 24.0. The first-order chi connectivity index (χ1) is 17.6. The lowest BCUT2D eigenvalue weighted by Gasteiger charge is -2.66. The monoisotopic (exact) mass is 528 g/mol. The molecule has 208 valence electrons. The fourth-order valence-electron chi connectivity index (χ4n) is 9.95. The van der Waals surface area contributed by atoms with Crippen LogP contribution in [0.4, 0.5) is 0 Å². The first-order valence-corrected chi connectivity index (χ1v) is 13.7. The van der Waals surface area contributed by atoms with Gasteiger partial charge in [-0.1, -0.05) is 32.4 Å². The SMILES string of the molecule is CCOC1=C(C)C(=O)[C@]2(C(=O)OC)[C@@]1(C)C(C)=C[C@@H]1[C@]34CC[C@H](OC(C)=O)C(C)(C)[C@H]3[C@H](C[C@@]12C)OC4=O. The highest BCUT2D eigenvalue weighted by molar-refractivity contribution is 6.17. The van der Waals surface area contributed by atoms with Crippen LogP contribution in [0.1, 0.15) is 74.7 Å². The Kier molecular flexibility index (Phi) is 5.64. The van der Waals surface area contributed by atoms with E-state index in [0.29, 0.717) is 37.2 Å². The number of esters is 3. The second-order valence-corrected chi connectivity index (χ2v) is 13.0. The Morgan fingerprint density at radius 2 is 1.79 bits per heavy atom. The van der Waals surface area contributed by atoms with E-state index in [1.807, 2.05) is 41.5 Å². The summed E-state index contributed by atoms with van der Waals surface area (Å²) in [7, 11) is 1.32. The molecule has 2 saturated carbocycles. The molecule has 1 heterocycles. The van der Waals surface area contributed by atoms with E-state index in [0.717, 1.165) is 5.57 Å². The van der Waals surface area contributed by atoms with Crippen molar-refractivity contribution in [3.05, 3.63) is 23.0 Å². The number of allylic oxidation sites excluding steroid dienone is 3. The summed E-state index contributed by atoms with van der Waals surface area (Å²) in [4.78, 5) is 54.5. The van der Waals surface area contributed by atoms with Crippen molar-refractivity contribution in [3.8, 4) is 0 Å². The molecule has 3 fully saturated rings. The minimum absolute atomic E-state index is 0.251. The molecule has 0 spiro atoms.